The van der Waals surface area contributed by atoms with Crippen molar-refractivity contribution < 1.29 is 4.79 Å². The maximum absolute atomic E-state index is 12.8. The van der Waals surface area contributed by atoms with Crippen LogP contribution in [0.4, 0.5) is 0 Å². The second-order valence-corrected chi connectivity index (χ2v) is 6.99. The number of hydrogen-bond donors (Lipinski definition) is 0. The molecular weight excluding hydrogens is 352 g/mol. The second kappa shape index (κ2) is 7.28. The smallest absolute Gasteiger partial charge is 0.227 e. The minimum atomic E-state index is 0.137. The molecule has 3 rings (SSSR count). The van der Waals surface area contributed by atoms with Gasteiger partial charge in [0.05, 0.1) is 12.5 Å². The highest BCUT2D eigenvalue weighted by atomic mass is 79.9. The van der Waals surface area contributed by atoms with E-state index in [9.17, 15) is 4.79 Å². The van der Waals surface area contributed by atoms with Crippen LogP contribution in [0.5, 0.6) is 0 Å². The first-order chi connectivity index (χ1) is 11.1. The Labute approximate surface area is 146 Å². The van der Waals surface area contributed by atoms with Crippen molar-refractivity contribution in [3.8, 4) is 0 Å². The number of rotatable bonds is 3. The maximum Gasteiger partial charge on any atom is 0.227 e. The number of benzene rings is 2. The van der Waals surface area contributed by atoms with Crippen molar-refractivity contribution in [2.45, 2.75) is 12.5 Å². The number of likely N-dealkylation sites (N-methyl/N-ethyl adjacent to an activating group) is 1. The molecule has 0 aromatic heterocycles. The normalized spacial score (nSPS) is 18.9. The summed E-state index contributed by atoms with van der Waals surface area (Å²) >= 11 is 3.43. The molecule has 1 fully saturated rings. The molecule has 1 aliphatic heterocycles. The zero-order valence-electron chi connectivity index (χ0n) is 13.3. The highest BCUT2D eigenvalue weighted by Crippen LogP contribution is 2.25. The highest BCUT2D eigenvalue weighted by molar-refractivity contribution is 9.10. The predicted octanol–water partition coefficient (Wildman–Crippen LogP) is 3.51. The van der Waals surface area contributed by atoms with Gasteiger partial charge in [0.1, 0.15) is 0 Å². The zero-order valence-corrected chi connectivity index (χ0v) is 14.9. The Hall–Kier alpha value is -1.65. The molecule has 23 heavy (non-hydrogen) atoms. The fourth-order valence-electron chi connectivity index (χ4n) is 3.06. The molecule has 1 heterocycles. The van der Waals surface area contributed by atoms with Gasteiger partial charge in [-0.3, -0.25) is 4.79 Å². The summed E-state index contributed by atoms with van der Waals surface area (Å²) in [5, 5.41) is 0. The van der Waals surface area contributed by atoms with Gasteiger partial charge in [0, 0.05) is 24.1 Å². The predicted molar refractivity (Wildman–Crippen MR) is 96.2 cm³/mol. The Balaban J connectivity index is 1.78. The first kappa shape index (κ1) is 16.2. The van der Waals surface area contributed by atoms with Crippen LogP contribution in [-0.2, 0) is 11.2 Å². The van der Waals surface area contributed by atoms with Crippen LogP contribution < -0.4 is 0 Å². The van der Waals surface area contributed by atoms with Gasteiger partial charge in [-0.15, -0.1) is 0 Å². The number of halogens is 1. The molecule has 0 bridgehead atoms. The molecule has 3 nitrogen and oxygen atoms in total. The average molecular weight is 373 g/mol. The van der Waals surface area contributed by atoms with Gasteiger partial charge >= 0.3 is 0 Å². The third kappa shape index (κ3) is 4.01. The fraction of sp³-hybridized carbons (Fsp3) is 0.316. The van der Waals surface area contributed by atoms with Crippen molar-refractivity contribution in [3.63, 3.8) is 0 Å². The lowest BCUT2D eigenvalue weighted by atomic mass is 10.0. The Morgan fingerprint density at radius 1 is 1.09 bits per heavy atom. The molecule has 1 amide bonds. The summed E-state index contributed by atoms with van der Waals surface area (Å²) in [7, 11) is 2.12. The molecule has 120 valence electrons. The SMILES string of the molecule is CN1CCN(C(=O)Cc2ccc(Br)cc2)C(c2ccccc2)C1. The minimum Gasteiger partial charge on any atom is -0.333 e. The van der Waals surface area contributed by atoms with Gasteiger partial charge in [-0.05, 0) is 30.3 Å². The number of carbonyl (C=O) groups is 1. The highest BCUT2D eigenvalue weighted by Gasteiger charge is 2.29. The van der Waals surface area contributed by atoms with E-state index in [1.165, 1.54) is 5.56 Å². The van der Waals surface area contributed by atoms with Crippen molar-refractivity contribution in [2.75, 3.05) is 26.7 Å². The van der Waals surface area contributed by atoms with E-state index in [2.05, 4.69) is 40.0 Å². The van der Waals surface area contributed by atoms with Crippen LogP contribution in [0.15, 0.2) is 59.1 Å². The lowest BCUT2D eigenvalue weighted by Gasteiger charge is -2.40. The monoisotopic (exact) mass is 372 g/mol. The molecular formula is C19H21BrN2O. The summed E-state index contributed by atoms with van der Waals surface area (Å²) in [6.07, 6.45) is 0.459. The summed E-state index contributed by atoms with van der Waals surface area (Å²) < 4.78 is 1.04. The van der Waals surface area contributed by atoms with Crippen molar-refractivity contribution in [1.29, 1.82) is 0 Å². The number of carbonyl (C=O) groups excluding carboxylic acids is 1. The van der Waals surface area contributed by atoms with Crippen LogP contribution in [0, 0.1) is 0 Å². The molecule has 0 radical (unpaired) electrons. The van der Waals surface area contributed by atoms with Gasteiger partial charge in [0.25, 0.3) is 0 Å². The van der Waals surface area contributed by atoms with Crippen molar-refractivity contribution in [2.24, 2.45) is 0 Å². The Bertz CT molecular complexity index is 657. The molecule has 1 unspecified atom stereocenters. The van der Waals surface area contributed by atoms with Gasteiger partial charge < -0.3 is 9.80 Å². The Morgan fingerprint density at radius 3 is 2.48 bits per heavy atom. The third-order valence-corrected chi connectivity index (χ3v) is 4.89. The first-order valence-corrected chi connectivity index (χ1v) is 8.70. The number of hydrogen-bond acceptors (Lipinski definition) is 2. The van der Waals surface area contributed by atoms with Crippen molar-refractivity contribution in [3.05, 3.63) is 70.2 Å². The Morgan fingerprint density at radius 2 is 1.78 bits per heavy atom. The lowest BCUT2D eigenvalue weighted by molar-refractivity contribution is -0.135. The van der Waals surface area contributed by atoms with E-state index in [1.54, 1.807) is 0 Å². The van der Waals surface area contributed by atoms with Crippen LogP contribution in [0.1, 0.15) is 17.2 Å². The van der Waals surface area contributed by atoms with E-state index in [0.29, 0.717) is 6.42 Å². The standard InChI is InChI=1S/C19H21BrN2O/c1-21-11-12-22(18(14-21)16-5-3-2-4-6-16)19(23)13-15-7-9-17(20)10-8-15/h2-10,18H,11-14H2,1H3. The molecule has 2 aromatic rings. The topological polar surface area (TPSA) is 23.6 Å². The molecule has 0 saturated carbocycles. The zero-order chi connectivity index (χ0) is 16.2. The summed E-state index contributed by atoms with van der Waals surface area (Å²) in [6.45, 7) is 2.59. The van der Waals surface area contributed by atoms with E-state index in [1.807, 2.05) is 47.4 Å². The quantitative estimate of drug-likeness (QED) is 0.822. The minimum absolute atomic E-state index is 0.137. The van der Waals surface area contributed by atoms with Gasteiger partial charge in [-0.2, -0.15) is 0 Å². The van der Waals surface area contributed by atoms with Gasteiger partial charge in [-0.1, -0.05) is 58.4 Å². The van der Waals surface area contributed by atoms with Crippen molar-refractivity contribution >= 4 is 21.8 Å². The molecule has 1 aliphatic rings. The molecule has 0 spiro atoms. The summed E-state index contributed by atoms with van der Waals surface area (Å²) in [4.78, 5) is 17.2. The average Bonchev–Trinajstić information content (AvgIpc) is 2.57. The molecule has 1 saturated heterocycles. The summed E-state index contributed by atoms with van der Waals surface area (Å²) in [5.74, 6) is 0.203. The van der Waals surface area contributed by atoms with Gasteiger partial charge in [0.15, 0.2) is 0 Å². The van der Waals surface area contributed by atoms with E-state index in [4.69, 9.17) is 0 Å². The number of amides is 1. The molecule has 2 aromatic carbocycles. The number of nitrogens with zero attached hydrogens (tertiary/aromatic N) is 2. The largest absolute Gasteiger partial charge is 0.333 e. The van der Waals surface area contributed by atoms with Gasteiger partial charge in [0.2, 0.25) is 5.91 Å². The molecule has 4 heteroatoms. The first-order valence-electron chi connectivity index (χ1n) is 7.91. The maximum atomic E-state index is 12.8. The summed E-state index contributed by atoms with van der Waals surface area (Å²) in [5.41, 5.74) is 2.27. The molecule has 0 aliphatic carbocycles. The van der Waals surface area contributed by atoms with Crippen LogP contribution in [-0.4, -0.2) is 42.4 Å². The van der Waals surface area contributed by atoms with Crippen LogP contribution in [0.3, 0.4) is 0 Å². The van der Waals surface area contributed by atoms with E-state index in [0.717, 1.165) is 29.7 Å². The van der Waals surface area contributed by atoms with E-state index >= 15 is 0 Å². The van der Waals surface area contributed by atoms with E-state index < -0.39 is 0 Å². The summed E-state index contributed by atoms with van der Waals surface area (Å²) in [6, 6.07) is 18.5. The van der Waals surface area contributed by atoms with Gasteiger partial charge in [-0.25, -0.2) is 0 Å². The lowest BCUT2D eigenvalue weighted by Crippen LogP contribution is -2.49. The number of piperazine rings is 1. The fourth-order valence-corrected chi connectivity index (χ4v) is 3.32. The van der Waals surface area contributed by atoms with E-state index in [-0.39, 0.29) is 11.9 Å². The van der Waals surface area contributed by atoms with Crippen LogP contribution in [0.2, 0.25) is 0 Å². The van der Waals surface area contributed by atoms with Crippen molar-refractivity contribution in [1.82, 2.24) is 9.80 Å². The molecule has 1 atom stereocenters. The van der Waals surface area contributed by atoms with Crippen LogP contribution >= 0.6 is 15.9 Å². The molecule has 0 N–H and O–H groups in total. The second-order valence-electron chi connectivity index (χ2n) is 6.08. The third-order valence-electron chi connectivity index (χ3n) is 4.36. The Kier molecular flexibility index (Phi) is 5.13. The van der Waals surface area contributed by atoms with Crippen LogP contribution in [0.25, 0.3) is 0 Å².